The Kier molecular flexibility index (Phi) is 2.46. The highest BCUT2D eigenvalue weighted by Gasteiger charge is 2.31. The van der Waals surface area contributed by atoms with Gasteiger partial charge in [-0.2, -0.15) is 0 Å². The van der Waals surface area contributed by atoms with E-state index >= 15 is 0 Å². The summed E-state index contributed by atoms with van der Waals surface area (Å²) in [5.41, 5.74) is 0. The van der Waals surface area contributed by atoms with Crippen molar-refractivity contribution >= 4 is 5.97 Å². The molecule has 0 radical (unpaired) electrons. The molecule has 0 aromatic rings. The predicted octanol–water partition coefficient (Wildman–Crippen LogP) is -0.407. The molecule has 4 nitrogen and oxygen atoms in total. The molecule has 0 amide bonds. The molecule has 1 aliphatic rings. The highest BCUT2D eigenvalue weighted by Crippen LogP contribution is 2.24. The maximum absolute atomic E-state index is 10.4. The molecule has 3 atom stereocenters. The van der Waals surface area contributed by atoms with Gasteiger partial charge in [0.05, 0.1) is 18.1 Å². The van der Waals surface area contributed by atoms with Crippen LogP contribution in [0.3, 0.4) is 0 Å². The van der Waals surface area contributed by atoms with Crippen LogP contribution in [0.2, 0.25) is 0 Å². The summed E-state index contributed by atoms with van der Waals surface area (Å²) in [4.78, 5) is 10.4. The Bertz CT molecular complexity index is 157. The van der Waals surface area contributed by atoms with Gasteiger partial charge in [0, 0.05) is 0 Å². The van der Waals surface area contributed by atoms with Crippen molar-refractivity contribution in [2.45, 2.75) is 31.5 Å². The zero-order valence-corrected chi connectivity index (χ0v) is 6.10. The van der Waals surface area contributed by atoms with Crippen LogP contribution in [0.1, 0.15) is 19.3 Å². The Morgan fingerprint density at radius 1 is 1.18 bits per heavy atom. The van der Waals surface area contributed by atoms with Crippen molar-refractivity contribution in [2.24, 2.45) is 5.92 Å². The first-order valence-electron chi connectivity index (χ1n) is 3.70. The van der Waals surface area contributed by atoms with E-state index in [-0.39, 0.29) is 6.42 Å². The van der Waals surface area contributed by atoms with E-state index in [1.54, 1.807) is 0 Å². The summed E-state index contributed by atoms with van der Waals surface area (Å²) in [6.07, 6.45) is -0.558. The van der Waals surface area contributed by atoms with E-state index < -0.39 is 24.1 Å². The minimum Gasteiger partial charge on any atom is -0.481 e. The second-order valence-electron chi connectivity index (χ2n) is 2.98. The number of carboxylic acids is 1. The monoisotopic (exact) mass is 160 g/mol. The Morgan fingerprint density at radius 3 is 2.27 bits per heavy atom. The molecule has 0 spiro atoms. The van der Waals surface area contributed by atoms with Crippen LogP contribution in [0, 0.1) is 5.92 Å². The number of carbonyl (C=O) groups is 1. The molecule has 0 bridgehead atoms. The number of hydrogen-bond donors (Lipinski definition) is 3. The fraction of sp³-hybridized carbons (Fsp3) is 0.857. The lowest BCUT2D eigenvalue weighted by atomic mass is 9.85. The first-order valence-corrected chi connectivity index (χ1v) is 3.70. The second-order valence-corrected chi connectivity index (χ2v) is 2.98. The quantitative estimate of drug-likeness (QED) is 0.487. The average molecular weight is 160 g/mol. The number of aliphatic carboxylic acids is 1. The maximum atomic E-state index is 10.4. The third-order valence-corrected chi connectivity index (χ3v) is 2.13. The molecule has 1 fully saturated rings. The zero-order valence-electron chi connectivity index (χ0n) is 6.10. The normalized spacial score (nSPS) is 38.5. The Labute approximate surface area is 64.5 Å². The van der Waals surface area contributed by atoms with Gasteiger partial charge in [0.2, 0.25) is 0 Å². The van der Waals surface area contributed by atoms with Crippen LogP contribution in [0.5, 0.6) is 0 Å². The molecule has 2 unspecified atom stereocenters. The molecule has 4 heteroatoms. The Balaban J connectivity index is 2.46. The van der Waals surface area contributed by atoms with Crippen molar-refractivity contribution in [3.8, 4) is 0 Å². The van der Waals surface area contributed by atoms with Crippen LogP contribution >= 0.6 is 0 Å². The van der Waals surface area contributed by atoms with Crippen LogP contribution in [0.25, 0.3) is 0 Å². The van der Waals surface area contributed by atoms with Gasteiger partial charge >= 0.3 is 5.97 Å². The van der Waals surface area contributed by atoms with Crippen molar-refractivity contribution in [1.82, 2.24) is 0 Å². The molecule has 3 N–H and O–H groups in total. The van der Waals surface area contributed by atoms with Gasteiger partial charge in [-0.1, -0.05) is 0 Å². The average Bonchev–Trinajstić information content (AvgIpc) is 1.94. The van der Waals surface area contributed by atoms with Gasteiger partial charge in [-0.3, -0.25) is 4.79 Å². The van der Waals surface area contributed by atoms with Gasteiger partial charge in [0.15, 0.2) is 0 Å². The highest BCUT2D eigenvalue weighted by atomic mass is 16.4. The minimum atomic E-state index is -0.879. The second kappa shape index (κ2) is 3.19. The minimum absolute atomic E-state index is 0.177. The molecule has 64 valence electrons. The Morgan fingerprint density at radius 2 is 1.82 bits per heavy atom. The molecule has 0 heterocycles. The van der Waals surface area contributed by atoms with Gasteiger partial charge in [0.1, 0.15) is 0 Å². The lowest BCUT2D eigenvalue weighted by Gasteiger charge is -2.27. The van der Waals surface area contributed by atoms with E-state index in [4.69, 9.17) is 15.3 Å². The number of rotatable bonds is 1. The molecule has 1 saturated carbocycles. The van der Waals surface area contributed by atoms with Crippen molar-refractivity contribution < 1.29 is 20.1 Å². The molecule has 0 aromatic carbocycles. The summed E-state index contributed by atoms with van der Waals surface area (Å²) >= 11 is 0. The summed E-state index contributed by atoms with van der Waals surface area (Å²) in [5.74, 6) is -1.36. The first-order chi connectivity index (χ1) is 5.11. The van der Waals surface area contributed by atoms with E-state index in [1.165, 1.54) is 0 Å². The van der Waals surface area contributed by atoms with Gasteiger partial charge in [0.25, 0.3) is 0 Å². The van der Waals surface area contributed by atoms with Gasteiger partial charge in [-0.15, -0.1) is 0 Å². The molecule has 0 aromatic heterocycles. The highest BCUT2D eigenvalue weighted by molar-refractivity contribution is 5.70. The molecule has 0 saturated heterocycles. The number of carboxylic acid groups (broad SMARTS) is 1. The molecular weight excluding hydrogens is 148 g/mol. The molecular formula is C7H12O4. The predicted molar refractivity (Wildman–Crippen MR) is 37.0 cm³/mol. The number of aliphatic hydroxyl groups is 2. The van der Waals surface area contributed by atoms with E-state index in [9.17, 15) is 4.79 Å². The summed E-state index contributed by atoms with van der Waals surface area (Å²) < 4.78 is 0. The third-order valence-electron chi connectivity index (χ3n) is 2.13. The summed E-state index contributed by atoms with van der Waals surface area (Å²) in [6.45, 7) is 0. The number of aliphatic hydroxyl groups excluding tert-OH is 2. The largest absolute Gasteiger partial charge is 0.481 e. The maximum Gasteiger partial charge on any atom is 0.306 e. The van der Waals surface area contributed by atoms with Crippen molar-refractivity contribution in [3.05, 3.63) is 0 Å². The van der Waals surface area contributed by atoms with Crippen LogP contribution in [0.15, 0.2) is 0 Å². The fourth-order valence-corrected chi connectivity index (χ4v) is 1.36. The van der Waals surface area contributed by atoms with E-state index in [2.05, 4.69) is 0 Å². The fourth-order valence-electron chi connectivity index (χ4n) is 1.36. The van der Waals surface area contributed by atoms with Gasteiger partial charge < -0.3 is 15.3 Å². The van der Waals surface area contributed by atoms with Crippen LogP contribution in [-0.2, 0) is 4.79 Å². The van der Waals surface area contributed by atoms with Crippen molar-refractivity contribution in [3.63, 3.8) is 0 Å². The lowest BCUT2D eigenvalue weighted by molar-refractivity contribution is -0.146. The van der Waals surface area contributed by atoms with E-state index in [0.717, 1.165) is 0 Å². The van der Waals surface area contributed by atoms with E-state index in [0.29, 0.717) is 12.8 Å². The summed E-state index contributed by atoms with van der Waals surface area (Å²) in [7, 11) is 0. The topological polar surface area (TPSA) is 77.8 Å². The smallest absolute Gasteiger partial charge is 0.306 e. The first kappa shape index (κ1) is 8.49. The molecule has 11 heavy (non-hydrogen) atoms. The van der Waals surface area contributed by atoms with Crippen LogP contribution in [-0.4, -0.2) is 33.5 Å². The van der Waals surface area contributed by atoms with Crippen LogP contribution < -0.4 is 0 Å². The lowest BCUT2D eigenvalue weighted by Crippen LogP contribution is -2.36. The van der Waals surface area contributed by atoms with E-state index in [1.807, 2.05) is 0 Å². The molecule has 1 rings (SSSR count). The van der Waals surface area contributed by atoms with Crippen molar-refractivity contribution in [1.29, 1.82) is 0 Å². The van der Waals surface area contributed by atoms with Gasteiger partial charge in [-0.05, 0) is 19.3 Å². The third kappa shape index (κ3) is 1.91. The summed E-state index contributed by atoms with van der Waals surface area (Å²) in [5, 5.41) is 26.7. The van der Waals surface area contributed by atoms with Crippen LogP contribution in [0.4, 0.5) is 0 Å². The summed E-state index contributed by atoms with van der Waals surface area (Å²) in [6, 6.07) is 0. The number of hydrogen-bond acceptors (Lipinski definition) is 3. The van der Waals surface area contributed by atoms with Crippen molar-refractivity contribution in [2.75, 3.05) is 0 Å². The molecule has 1 aliphatic carbocycles. The molecule has 0 aliphatic heterocycles. The van der Waals surface area contributed by atoms with Gasteiger partial charge in [-0.25, -0.2) is 0 Å². The Hall–Kier alpha value is -0.610. The SMILES string of the molecule is O=C(O)C1CC[C@@H](O)C(O)C1. The zero-order chi connectivity index (χ0) is 8.43. The standard InChI is InChI=1S/C7H12O4/c8-5-2-1-4(7(10)11)3-6(5)9/h4-6,8-9H,1-3H2,(H,10,11)/t4?,5-,6?/m1/s1.